The maximum atomic E-state index is 11.4. The Balaban J connectivity index is 3.05. The highest BCUT2D eigenvalue weighted by atomic mass is 17.2. The van der Waals surface area contributed by atoms with E-state index in [9.17, 15) is 19.8 Å². The van der Waals surface area contributed by atoms with E-state index in [0.717, 1.165) is 19.3 Å². The molecule has 1 aliphatic rings. The fourth-order valence-electron chi connectivity index (χ4n) is 2.21. The number of carbonyl (C=O) groups is 2. The van der Waals surface area contributed by atoms with Crippen LogP contribution in [-0.4, -0.2) is 27.8 Å². The first-order valence-corrected chi connectivity index (χ1v) is 6.79. The van der Waals surface area contributed by atoms with Gasteiger partial charge in [-0.25, -0.2) is 9.59 Å². The standard InChI is InChI=1S/C14H22O6/c1-14(2,3)20-19-11(13(17)18)10(12(15)16)9-7-5-4-6-8-9/h9H,4-8H2,1-3H3,(H,15,16)(H,17,18). The molecule has 0 unspecified atom stereocenters. The van der Waals surface area contributed by atoms with E-state index in [1.54, 1.807) is 20.8 Å². The molecule has 20 heavy (non-hydrogen) atoms. The Kier molecular flexibility index (Phi) is 5.56. The minimum Gasteiger partial charge on any atom is -0.478 e. The van der Waals surface area contributed by atoms with Crippen molar-refractivity contribution >= 4 is 11.9 Å². The van der Waals surface area contributed by atoms with Crippen LogP contribution in [0, 0.1) is 5.92 Å². The molecule has 0 atom stereocenters. The van der Waals surface area contributed by atoms with Gasteiger partial charge in [0, 0.05) is 0 Å². The Morgan fingerprint density at radius 1 is 1.00 bits per heavy atom. The molecule has 0 amide bonds. The summed E-state index contributed by atoms with van der Waals surface area (Å²) in [6.07, 6.45) is 4.17. The van der Waals surface area contributed by atoms with E-state index in [0.29, 0.717) is 12.8 Å². The van der Waals surface area contributed by atoms with E-state index in [2.05, 4.69) is 0 Å². The third-order valence-corrected chi connectivity index (χ3v) is 3.06. The smallest absolute Gasteiger partial charge is 0.375 e. The normalized spacial score (nSPS) is 18.4. The molecular formula is C14H22O6. The summed E-state index contributed by atoms with van der Waals surface area (Å²) >= 11 is 0. The number of rotatable bonds is 5. The van der Waals surface area contributed by atoms with E-state index in [4.69, 9.17) is 9.78 Å². The first-order chi connectivity index (χ1) is 9.22. The van der Waals surface area contributed by atoms with Crippen LogP contribution in [0.5, 0.6) is 0 Å². The topological polar surface area (TPSA) is 93.1 Å². The molecule has 1 aliphatic carbocycles. The third-order valence-electron chi connectivity index (χ3n) is 3.06. The second-order valence-corrected chi connectivity index (χ2v) is 5.97. The van der Waals surface area contributed by atoms with E-state index in [1.807, 2.05) is 0 Å². The van der Waals surface area contributed by atoms with Crippen LogP contribution >= 0.6 is 0 Å². The molecule has 0 saturated heterocycles. The highest BCUT2D eigenvalue weighted by Gasteiger charge is 2.32. The summed E-state index contributed by atoms with van der Waals surface area (Å²) in [6, 6.07) is 0. The molecule has 0 spiro atoms. The Bertz CT molecular complexity index is 398. The summed E-state index contributed by atoms with van der Waals surface area (Å²) in [5.74, 6) is -3.58. The lowest BCUT2D eigenvalue weighted by atomic mass is 9.83. The van der Waals surface area contributed by atoms with Gasteiger partial charge in [0.15, 0.2) is 0 Å². The molecule has 0 aromatic carbocycles. The second kappa shape index (κ2) is 6.74. The molecule has 0 aliphatic heterocycles. The maximum Gasteiger partial charge on any atom is 0.375 e. The number of carboxylic acids is 2. The zero-order chi connectivity index (χ0) is 15.3. The fourth-order valence-corrected chi connectivity index (χ4v) is 2.21. The van der Waals surface area contributed by atoms with Crippen molar-refractivity contribution in [3.63, 3.8) is 0 Å². The fraction of sp³-hybridized carbons (Fsp3) is 0.714. The first-order valence-electron chi connectivity index (χ1n) is 6.79. The lowest BCUT2D eigenvalue weighted by molar-refractivity contribution is -0.321. The zero-order valence-corrected chi connectivity index (χ0v) is 12.1. The summed E-state index contributed by atoms with van der Waals surface area (Å²) in [5.41, 5.74) is -0.918. The lowest BCUT2D eigenvalue weighted by Gasteiger charge is -2.24. The Hall–Kier alpha value is -1.56. The molecule has 0 radical (unpaired) electrons. The number of carboxylic acid groups (broad SMARTS) is 2. The van der Waals surface area contributed by atoms with Crippen molar-refractivity contribution in [1.82, 2.24) is 0 Å². The molecule has 1 saturated carbocycles. The van der Waals surface area contributed by atoms with Crippen LogP contribution in [0.2, 0.25) is 0 Å². The summed E-state index contributed by atoms with van der Waals surface area (Å²) < 4.78 is 0. The SMILES string of the molecule is CC(C)(C)OOC(C(=O)O)=C(C(=O)O)C1CCCCC1. The molecule has 2 N–H and O–H groups in total. The van der Waals surface area contributed by atoms with Gasteiger partial charge in [0.25, 0.3) is 5.76 Å². The first kappa shape index (κ1) is 16.5. The van der Waals surface area contributed by atoms with Crippen LogP contribution in [0.1, 0.15) is 52.9 Å². The Labute approximate surface area is 118 Å². The summed E-state index contributed by atoms with van der Waals surface area (Å²) in [6.45, 7) is 5.06. The van der Waals surface area contributed by atoms with Crippen LogP contribution in [0.25, 0.3) is 0 Å². The van der Waals surface area contributed by atoms with Crippen molar-refractivity contribution < 1.29 is 29.6 Å². The van der Waals surface area contributed by atoms with Crippen molar-refractivity contribution in [3.05, 3.63) is 11.3 Å². The maximum absolute atomic E-state index is 11.4. The van der Waals surface area contributed by atoms with E-state index in [-0.39, 0.29) is 11.5 Å². The molecular weight excluding hydrogens is 264 g/mol. The predicted molar refractivity (Wildman–Crippen MR) is 70.8 cm³/mol. The minimum absolute atomic E-state index is 0.193. The largest absolute Gasteiger partial charge is 0.478 e. The van der Waals surface area contributed by atoms with Crippen LogP contribution in [0.15, 0.2) is 11.3 Å². The number of hydrogen-bond acceptors (Lipinski definition) is 4. The van der Waals surface area contributed by atoms with Crippen molar-refractivity contribution in [2.24, 2.45) is 5.92 Å². The van der Waals surface area contributed by atoms with Crippen molar-refractivity contribution in [2.45, 2.75) is 58.5 Å². The summed E-state index contributed by atoms with van der Waals surface area (Å²) in [5, 5.41) is 18.5. The van der Waals surface area contributed by atoms with Gasteiger partial charge in [-0.1, -0.05) is 19.3 Å². The van der Waals surface area contributed by atoms with E-state index in [1.165, 1.54) is 0 Å². The number of aliphatic carboxylic acids is 2. The average molecular weight is 286 g/mol. The van der Waals surface area contributed by atoms with Gasteiger partial charge < -0.3 is 15.1 Å². The molecule has 1 fully saturated rings. The van der Waals surface area contributed by atoms with Gasteiger partial charge in [0.1, 0.15) is 5.60 Å². The Morgan fingerprint density at radius 2 is 1.55 bits per heavy atom. The quantitative estimate of drug-likeness (QED) is 0.349. The molecule has 0 aromatic heterocycles. The monoisotopic (exact) mass is 286 g/mol. The predicted octanol–water partition coefficient (Wildman–Crippen LogP) is 2.74. The van der Waals surface area contributed by atoms with Gasteiger partial charge in [-0.05, 0) is 39.5 Å². The third kappa shape index (κ3) is 4.85. The summed E-state index contributed by atoms with van der Waals surface area (Å²) in [4.78, 5) is 32.5. The second-order valence-electron chi connectivity index (χ2n) is 5.97. The molecule has 0 aromatic rings. The highest BCUT2D eigenvalue weighted by molar-refractivity contribution is 5.97. The molecule has 1 rings (SSSR count). The van der Waals surface area contributed by atoms with Crippen molar-refractivity contribution in [3.8, 4) is 0 Å². The van der Waals surface area contributed by atoms with Crippen LogP contribution < -0.4 is 0 Å². The van der Waals surface area contributed by atoms with Gasteiger partial charge in [-0.2, -0.15) is 4.89 Å². The molecule has 0 heterocycles. The van der Waals surface area contributed by atoms with Gasteiger partial charge >= 0.3 is 11.9 Å². The van der Waals surface area contributed by atoms with Gasteiger partial charge in [-0.3, -0.25) is 0 Å². The Morgan fingerprint density at radius 3 is 1.95 bits per heavy atom. The van der Waals surface area contributed by atoms with Crippen molar-refractivity contribution in [2.75, 3.05) is 0 Å². The van der Waals surface area contributed by atoms with Crippen LogP contribution in [0.4, 0.5) is 0 Å². The van der Waals surface area contributed by atoms with E-state index >= 15 is 0 Å². The molecule has 6 heteroatoms. The minimum atomic E-state index is -1.42. The van der Waals surface area contributed by atoms with Gasteiger partial charge in [0.2, 0.25) is 0 Å². The molecule has 114 valence electrons. The molecule has 0 bridgehead atoms. The zero-order valence-electron chi connectivity index (χ0n) is 12.1. The van der Waals surface area contributed by atoms with Crippen LogP contribution in [-0.2, 0) is 19.4 Å². The van der Waals surface area contributed by atoms with Crippen LogP contribution in [0.3, 0.4) is 0 Å². The van der Waals surface area contributed by atoms with Gasteiger partial charge in [-0.15, -0.1) is 0 Å². The highest BCUT2D eigenvalue weighted by Crippen LogP contribution is 2.32. The number of hydrogen-bond donors (Lipinski definition) is 2. The summed E-state index contributed by atoms with van der Waals surface area (Å²) in [7, 11) is 0. The molecule has 6 nitrogen and oxygen atoms in total. The average Bonchev–Trinajstić information content (AvgIpc) is 2.33. The van der Waals surface area contributed by atoms with Gasteiger partial charge in [0.05, 0.1) is 5.57 Å². The van der Waals surface area contributed by atoms with E-state index < -0.39 is 23.3 Å². The lowest BCUT2D eigenvalue weighted by Crippen LogP contribution is -2.25. The van der Waals surface area contributed by atoms with Crippen molar-refractivity contribution in [1.29, 1.82) is 0 Å².